The minimum absolute atomic E-state index is 0.822. The van der Waals surface area contributed by atoms with Gasteiger partial charge in [0.15, 0.2) is 0 Å². The summed E-state index contributed by atoms with van der Waals surface area (Å²) in [6.45, 7) is 15.5. The van der Waals surface area contributed by atoms with Crippen molar-refractivity contribution in [1.82, 2.24) is 25.1 Å². The molecule has 0 spiro atoms. The van der Waals surface area contributed by atoms with Gasteiger partial charge in [0, 0.05) is 32.8 Å². The number of thiophene rings is 1. The summed E-state index contributed by atoms with van der Waals surface area (Å²) >= 11 is 1.77. The number of nitrogens with zero attached hydrogens (tertiary/aromatic N) is 3. The van der Waals surface area contributed by atoms with Gasteiger partial charge in [-0.05, 0) is 99.0 Å². The molecule has 1 aromatic carbocycles. The number of aromatic amines is 2. The SMILES string of the molecule is C=C/C(=C\C(=C/C)c1ccc2[nH]nc(-c3cc4c(-c5ccc(C(=C)C)s5)cccc4[nH]3)c2n1)CN1CCCC1. The average molecular weight is 532 g/mol. The summed E-state index contributed by atoms with van der Waals surface area (Å²) in [5.41, 5.74) is 10.1. The first-order valence-corrected chi connectivity index (χ1v) is 14.3. The zero-order chi connectivity index (χ0) is 26.9. The van der Waals surface area contributed by atoms with Crippen LogP contribution in [0.2, 0.25) is 0 Å². The van der Waals surface area contributed by atoms with E-state index in [-0.39, 0.29) is 0 Å². The van der Waals surface area contributed by atoms with E-state index in [1.165, 1.54) is 39.1 Å². The molecule has 0 unspecified atom stereocenters. The molecule has 5 heterocycles. The van der Waals surface area contributed by atoms with Gasteiger partial charge in [-0.15, -0.1) is 11.3 Å². The zero-order valence-electron chi connectivity index (χ0n) is 22.6. The van der Waals surface area contributed by atoms with E-state index in [0.29, 0.717) is 0 Å². The van der Waals surface area contributed by atoms with Crippen molar-refractivity contribution in [3.05, 3.63) is 96.1 Å². The quantitative estimate of drug-likeness (QED) is 0.197. The second-order valence-corrected chi connectivity index (χ2v) is 11.3. The van der Waals surface area contributed by atoms with Gasteiger partial charge in [0.2, 0.25) is 0 Å². The smallest absolute Gasteiger partial charge is 0.135 e. The number of allylic oxidation sites excluding steroid dienone is 4. The standard InChI is InChI=1S/C33H33N5S/c1-5-22(20-38-16-7-8-17-38)18-23(6-2)26-12-13-28-32(35-26)33(37-36-28)29-19-25-24(10-9-11-27(25)34-29)31-15-14-30(39-31)21(3)4/h5-6,9-15,18-19,34H,1,3,7-8,16-17,20H2,2,4H3,(H,36,37)/b22-18+,23-6+. The molecule has 1 aliphatic heterocycles. The van der Waals surface area contributed by atoms with Crippen molar-refractivity contribution in [2.75, 3.05) is 19.6 Å². The van der Waals surface area contributed by atoms with Crippen molar-refractivity contribution < 1.29 is 0 Å². The lowest BCUT2D eigenvalue weighted by Crippen LogP contribution is -2.21. The monoisotopic (exact) mass is 531 g/mol. The van der Waals surface area contributed by atoms with Crippen LogP contribution >= 0.6 is 11.3 Å². The fourth-order valence-corrected chi connectivity index (χ4v) is 6.30. The summed E-state index contributed by atoms with van der Waals surface area (Å²) in [4.78, 5) is 13.6. The van der Waals surface area contributed by atoms with Crippen molar-refractivity contribution in [1.29, 1.82) is 0 Å². The van der Waals surface area contributed by atoms with E-state index in [0.717, 1.165) is 64.4 Å². The van der Waals surface area contributed by atoms with Gasteiger partial charge in [-0.1, -0.05) is 37.4 Å². The van der Waals surface area contributed by atoms with Gasteiger partial charge in [0.1, 0.15) is 11.2 Å². The number of aromatic nitrogens is 4. The Labute approximate surface area is 233 Å². The Morgan fingerprint density at radius 1 is 1.10 bits per heavy atom. The lowest BCUT2D eigenvalue weighted by Gasteiger charge is -2.15. The largest absolute Gasteiger partial charge is 0.353 e. The molecular formula is C33H33N5S. The van der Waals surface area contributed by atoms with Gasteiger partial charge in [-0.2, -0.15) is 5.10 Å². The molecule has 5 nitrogen and oxygen atoms in total. The van der Waals surface area contributed by atoms with E-state index in [1.807, 2.05) is 6.08 Å². The molecule has 0 bridgehead atoms. The first-order chi connectivity index (χ1) is 19.0. The third-order valence-corrected chi connectivity index (χ3v) is 8.71. The van der Waals surface area contributed by atoms with Crippen LogP contribution in [-0.4, -0.2) is 44.7 Å². The Balaban J connectivity index is 1.37. The summed E-state index contributed by atoms with van der Waals surface area (Å²) in [6.07, 6.45) is 8.87. The molecule has 0 radical (unpaired) electrons. The molecule has 1 fully saturated rings. The molecular weight excluding hydrogens is 498 g/mol. The van der Waals surface area contributed by atoms with Crippen LogP contribution < -0.4 is 0 Å². The maximum atomic E-state index is 5.09. The topological polar surface area (TPSA) is 60.6 Å². The first-order valence-electron chi connectivity index (χ1n) is 13.5. The molecule has 2 N–H and O–H groups in total. The summed E-state index contributed by atoms with van der Waals surface area (Å²) in [7, 11) is 0. The fraction of sp³-hybridized carbons (Fsp3) is 0.212. The van der Waals surface area contributed by atoms with Crippen LogP contribution in [0.15, 0.2) is 85.5 Å². The van der Waals surface area contributed by atoms with Crippen LogP contribution in [0.5, 0.6) is 0 Å². The lowest BCUT2D eigenvalue weighted by molar-refractivity contribution is 0.371. The third-order valence-electron chi connectivity index (χ3n) is 7.43. The first kappa shape index (κ1) is 25.3. The van der Waals surface area contributed by atoms with Crippen molar-refractivity contribution in [2.24, 2.45) is 0 Å². The maximum absolute atomic E-state index is 5.09. The summed E-state index contributed by atoms with van der Waals surface area (Å²) in [5.74, 6) is 0. The van der Waals surface area contributed by atoms with Crippen molar-refractivity contribution >= 4 is 44.4 Å². The highest BCUT2D eigenvalue weighted by atomic mass is 32.1. The number of nitrogens with one attached hydrogen (secondary N) is 2. The van der Waals surface area contributed by atoms with E-state index < -0.39 is 0 Å². The number of H-pyrrole nitrogens is 2. The second kappa shape index (κ2) is 10.6. The summed E-state index contributed by atoms with van der Waals surface area (Å²) in [5, 5.41) is 9.03. The number of rotatable bonds is 8. The molecule has 196 valence electrons. The number of pyridine rings is 1. The molecule has 0 saturated carbocycles. The molecule has 0 atom stereocenters. The number of hydrogen-bond acceptors (Lipinski definition) is 4. The van der Waals surface area contributed by atoms with Crippen LogP contribution in [-0.2, 0) is 0 Å². The Bertz CT molecular complexity index is 1750. The molecule has 1 saturated heterocycles. The number of fused-ring (bicyclic) bond motifs is 2. The van der Waals surface area contributed by atoms with E-state index in [1.54, 1.807) is 11.3 Å². The van der Waals surface area contributed by atoms with Crippen LogP contribution in [0, 0.1) is 0 Å². The molecule has 0 aliphatic carbocycles. The Hall–Kier alpha value is -4.00. The molecule has 6 heteroatoms. The van der Waals surface area contributed by atoms with E-state index in [9.17, 15) is 0 Å². The number of benzene rings is 1. The average Bonchev–Trinajstić information content (AvgIpc) is 3.76. The van der Waals surface area contributed by atoms with Crippen LogP contribution in [0.1, 0.15) is 37.3 Å². The molecule has 1 aliphatic rings. The lowest BCUT2D eigenvalue weighted by atomic mass is 10.1. The minimum Gasteiger partial charge on any atom is -0.353 e. The predicted molar refractivity (Wildman–Crippen MR) is 167 cm³/mol. The van der Waals surface area contributed by atoms with Crippen LogP contribution in [0.25, 0.3) is 54.9 Å². The summed E-state index contributed by atoms with van der Waals surface area (Å²) < 4.78 is 0. The Morgan fingerprint density at radius 2 is 1.95 bits per heavy atom. The predicted octanol–water partition coefficient (Wildman–Crippen LogP) is 8.48. The van der Waals surface area contributed by atoms with E-state index in [2.05, 4.69) is 108 Å². The third kappa shape index (κ3) is 4.93. The second-order valence-electron chi connectivity index (χ2n) is 10.2. The normalized spacial score (nSPS) is 15.0. The Kier molecular flexibility index (Phi) is 6.90. The zero-order valence-corrected chi connectivity index (χ0v) is 23.4. The number of likely N-dealkylation sites (tertiary alicyclic amines) is 1. The van der Waals surface area contributed by atoms with Gasteiger partial charge in [-0.25, -0.2) is 4.98 Å². The summed E-state index contributed by atoms with van der Waals surface area (Å²) in [6, 6.07) is 17.0. The highest BCUT2D eigenvalue weighted by Gasteiger charge is 2.17. The highest BCUT2D eigenvalue weighted by Crippen LogP contribution is 2.38. The highest BCUT2D eigenvalue weighted by molar-refractivity contribution is 7.16. The number of hydrogen-bond donors (Lipinski definition) is 2. The maximum Gasteiger partial charge on any atom is 0.135 e. The van der Waals surface area contributed by atoms with E-state index >= 15 is 0 Å². The fourth-order valence-electron chi connectivity index (χ4n) is 5.33. The van der Waals surface area contributed by atoms with Crippen LogP contribution in [0.3, 0.4) is 0 Å². The molecule has 5 aromatic rings. The minimum atomic E-state index is 0.822. The van der Waals surface area contributed by atoms with Gasteiger partial charge in [-0.3, -0.25) is 10.00 Å². The Morgan fingerprint density at radius 3 is 2.69 bits per heavy atom. The van der Waals surface area contributed by atoms with E-state index in [4.69, 9.17) is 4.98 Å². The van der Waals surface area contributed by atoms with Gasteiger partial charge in [0.25, 0.3) is 0 Å². The molecule has 39 heavy (non-hydrogen) atoms. The van der Waals surface area contributed by atoms with Gasteiger partial charge >= 0.3 is 0 Å². The van der Waals surface area contributed by atoms with Gasteiger partial charge < -0.3 is 4.98 Å². The van der Waals surface area contributed by atoms with Crippen molar-refractivity contribution in [2.45, 2.75) is 26.7 Å². The van der Waals surface area contributed by atoms with Crippen molar-refractivity contribution in [3.8, 4) is 21.8 Å². The van der Waals surface area contributed by atoms with Crippen molar-refractivity contribution in [3.63, 3.8) is 0 Å². The van der Waals surface area contributed by atoms with Crippen LogP contribution in [0.4, 0.5) is 0 Å². The molecule has 0 amide bonds. The van der Waals surface area contributed by atoms with Gasteiger partial charge in [0.05, 0.1) is 16.9 Å². The molecule has 6 rings (SSSR count). The molecule has 4 aromatic heterocycles.